The summed E-state index contributed by atoms with van der Waals surface area (Å²) in [5, 5.41) is 17.2. The number of pyridine rings is 1. The van der Waals surface area contributed by atoms with Crippen molar-refractivity contribution in [3.05, 3.63) is 24.4 Å². The van der Waals surface area contributed by atoms with Crippen LogP contribution in [0.3, 0.4) is 0 Å². The number of amides is 1. The molecule has 1 heterocycles. The van der Waals surface area contributed by atoms with E-state index in [2.05, 4.69) is 15.6 Å². The second kappa shape index (κ2) is 5.00. The number of benzene rings is 1. The summed E-state index contributed by atoms with van der Waals surface area (Å²) in [6.07, 6.45) is 5.29. The van der Waals surface area contributed by atoms with E-state index in [-0.39, 0.29) is 11.7 Å². The van der Waals surface area contributed by atoms with Gasteiger partial charge in [-0.05, 0) is 37.5 Å². The predicted octanol–water partition coefficient (Wildman–Crippen LogP) is 2.86. The van der Waals surface area contributed by atoms with Crippen molar-refractivity contribution in [1.82, 2.24) is 4.98 Å². The minimum atomic E-state index is -0.219. The molecule has 0 bridgehead atoms. The van der Waals surface area contributed by atoms with E-state index in [4.69, 9.17) is 0 Å². The fourth-order valence-corrected chi connectivity index (χ4v) is 2.39. The zero-order valence-corrected chi connectivity index (χ0v) is 11.3. The minimum Gasteiger partial charge on any atom is -0.504 e. The highest BCUT2D eigenvalue weighted by Crippen LogP contribution is 2.35. The van der Waals surface area contributed by atoms with Crippen molar-refractivity contribution >= 4 is 28.2 Å². The summed E-state index contributed by atoms with van der Waals surface area (Å²) in [6.45, 7) is 1.41. The van der Waals surface area contributed by atoms with Gasteiger partial charge in [-0.2, -0.15) is 0 Å². The van der Waals surface area contributed by atoms with Crippen LogP contribution < -0.4 is 10.6 Å². The van der Waals surface area contributed by atoms with Gasteiger partial charge >= 0.3 is 0 Å². The van der Waals surface area contributed by atoms with Crippen LogP contribution in [0.25, 0.3) is 10.9 Å². The highest BCUT2D eigenvalue weighted by atomic mass is 16.3. The van der Waals surface area contributed by atoms with E-state index in [0.717, 1.165) is 11.1 Å². The molecule has 5 nitrogen and oxygen atoms in total. The lowest BCUT2D eigenvalue weighted by atomic mass is 9.93. The number of hydrogen-bond acceptors (Lipinski definition) is 4. The lowest BCUT2D eigenvalue weighted by Gasteiger charge is -2.28. The Kier molecular flexibility index (Phi) is 3.18. The van der Waals surface area contributed by atoms with E-state index in [1.807, 2.05) is 12.1 Å². The van der Waals surface area contributed by atoms with Crippen LogP contribution in [0.2, 0.25) is 0 Å². The summed E-state index contributed by atoms with van der Waals surface area (Å²) >= 11 is 0. The van der Waals surface area contributed by atoms with Crippen LogP contribution in [0.5, 0.6) is 5.75 Å². The summed E-state index contributed by atoms with van der Waals surface area (Å²) < 4.78 is 0. The lowest BCUT2D eigenvalue weighted by Crippen LogP contribution is -2.27. The van der Waals surface area contributed by atoms with E-state index in [1.54, 1.807) is 12.3 Å². The topological polar surface area (TPSA) is 74.2 Å². The van der Waals surface area contributed by atoms with E-state index in [1.165, 1.54) is 26.2 Å². The number of aromatic hydroxyl groups is 1. The van der Waals surface area contributed by atoms with Crippen molar-refractivity contribution in [1.29, 1.82) is 0 Å². The fraction of sp³-hybridized carbons (Fsp3) is 0.333. The Labute approximate surface area is 117 Å². The highest BCUT2D eigenvalue weighted by molar-refractivity contribution is 6.01. The van der Waals surface area contributed by atoms with Gasteiger partial charge in [0.05, 0.1) is 5.69 Å². The van der Waals surface area contributed by atoms with Gasteiger partial charge in [0, 0.05) is 30.2 Å². The molecule has 1 amide bonds. The molecular weight excluding hydrogens is 254 g/mol. The van der Waals surface area contributed by atoms with Gasteiger partial charge in [0.25, 0.3) is 0 Å². The molecule has 1 fully saturated rings. The van der Waals surface area contributed by atoms with E-state index < -0.39 is 0 Å². The number of fused-ring (bicyclic) bond motifs is 1. The van der Waals surface area contributed by atoms with E-state index >= 15 is 0 Å². The number of aromatic nitrogens is 1. The summed E-state index contributed by atoms with van der Waals surface area (Å²) in [4.78, 5) is 15.3. The molecule has 1 aromatic carbocycles. The maximum Gasteiger partial charge on any atom is 0.221 e. The standard InChI is InChI=1S/C15H17N3O2/c1-9(19)17-13-6-5-11-12(18-10-3-2-4-10)7-8-16-14(11)15(13)20/h5-8,10,20H,2-4H2,1H3,(H,16,18)(H,17,19). The van der Waals surface area contributed by atoms with Crippen LogP contribution in [0.15, 0.2) is 24.4 Å². The molecule has 0 unspecified atom stereocenters. The summed E-state index contributed by atoms with van der Waals surface area (Å²) in [5.74, 6) is -0.210. The number of phenolic OH excluding ortho intramolecular Hbond substituents is 1. The minimum absolute atomic E-state index is 0.00922. The molecule has 0 spiro atoms. The summed E-state index contributed by atoms with van der Waals surface area (Å²) in [6, 6.07) is 6.00. The first-order valence-electron chi connectivity index (χ1n) is 6.80. The molecule has 0 saturated heterocycles. The van der Waals surface area contributed by atoms with Crippen LogP contribution in [-0.4, -0.2) is 22.0 Å². The van der Waals surface area contributed by atoms with E-state index in [9.17, 15) is 9.90 Å². The molecule has 0 aliphatic heterocycles. The molecule has 3 rings (SSSR count). The first-order valence-corrected chi connectivity index (χ1v) is 6.80. The van der Waals surface area contributed by atoms with Crippen molar-refractivity contribution < 1.29 is 9.90 Å². The third-order valence-corrected chi connectivity index (χ3v) is 3.66. The average Bonchev–Trinajstić information content (AvgIpc) is 2.37. The fourth-order valence-electron chi connectivity index (χ4n) is 2.39. The lowest BCUT2D eigenvalue weighted by molar-refractivity contribution is -0.114. The van der Waals surface area contributed by atoms with Gasteiger partial charge in [0.2, 0.25) is 5.91 Å². The molecule has 0 radical (unpaired) electrons. The normalized spacial score (nSPS) is 14.8. The summed E-state index contributed by atoms with van der Waals surface area (Å²) in [7, 11) is 0. The van der Waals surface area contributed by atoms with Crippen LogP contribution >= 0.6 is 0 Å². The Balaban J connectivity index is 2.02. The van der Waals surface area contributed by atoms with Gasteiger partial charge in [0.15, 0.2) is 5.75 Å². The molecule has 2 aromatic rings. The van der Waals surface area contributed by atoms with Crippen LogP contribution in [0.4, 0.5) is 11.4 Å². The molecule has 1 aliphatic rings. The Morgan fingerprint density at radius 1 is 1.30 bits per heavy atom. The van der Waals surface area contributed by atoms with Crippen molar-refractivity contribution in [2.24, 2.45) is 0 Å². The number of nitrogens with one attached hydrogen (secondary N) is 2. The number of phenols is 1. The number of anilines is 2. The zero-order valence-electron chi connectivity index (χ0n) is 11.3. The molecule has 1 saturated carbocycles. The third-order valence-electron chi connectivity index (χ3n) is 3.66. The molecule has 20 heavy (non-hydrogen) atoms. The number of carbonyl (C=O) groups excluding carboxylic acids is 1. The van der Waals surface area contributed by atoms with Gasteiger partial charge in [0.1, 0.15) is 5.52 Å². The predicted molar refractivity (Wildman–Crippen MR) is 79.0 cm³/mol. The number of carbonyl (C=O) groups is 1. The van der Waals surface area contributed by atoms with Crippen LogP contribution in [0.1, 0.15) is 26.2 Å². The molecule has 104 valence electrons. The van der Waals surface area contributed by atoms with Crippen molar-refractivity contribution in [2.45, 2.75) is 32.2 Å². The quantitative estimate of drug-likeness (QED) is 0.750. The molecule has 1 aliphatic carbocycles. The van der Waals surface area contributed by atoms with Crippen LogP contribution in [-0.2, 0) is 4.79 Å². The van der Waals surface area contributed by atoms with E-state index in [0.29, 0.717) is 17.2 Å². The Hall–Kier alpha value is -2.30. The Morgan fingerprint density at radius 3 is 2.75 bits per heavy atom. The van der Waals surface area contributed by atoms with Gasteiger partial charge in [-0.3, -0.25) is 9.78 Å². The van der Waals surface area contributed by atoms with Crippen molar-refractivity contribution in [3.8, 4) is 5.75 Å². The number of rotatable bonds is 3. The van der Waals surface area contributed by atoms with Gasteiger partial charge in [-0.25, -0.2) is 0 Å². The highest BCUT2D eigenvalue weighted by Gasteiger charge is 2.18. The van der Waals surface area contributed by atoms with Crippen LogP contribution in [0, 0.1) is 0 Å². The first kappa shape index (κ1) is 12.7. The Bertz CT molecular complexity index is 665. The zero-order chi connectivity index (χ0) is 14.1. The molecule has 5 heteroatoms. The van der Waals surface area contributed by atoms with Gasteiger partial charge < -0.3 is 15.7 Å². The molecular formula is C15H17N3O2. The largest absolute Gasteiger partial charge is 0.504 e. The molecule has 0 atom stereocenters. The average molecular weight is 271 g/mol. The first-order chi connectivity index (χ1) is 9.65. The Morgan fingerprint density at radius 2 is 2.10 bits per heavy atom. The second-order valence-corrected chi connectivity index (χ2v) is 5.17. The number of hydrogen-bond donors (Lipinski definition) is 3. The SMILES string of the molecule is CC(=O)Nc1ccc2c(NC3CCC3)ccnc2c1O. The third kappa shape index (κ3) is 2.27. The maximum absolute atomic E-state index is 11.1. The second-order valence-electron chi connectivity index (χ2n) is 5.17. The van der Waals surface area contributed by atoms with Crippen molar-refractivity contribution in [3.63, 3.8) is 0 Å². The monoisotopic (exact) mass is 271 g/mol. The van der Waals surface area contributed by atoms with Gasteiger partial charge in [-0.1, -0.05) is 0 Å². The summed E-state index contributed by atoms with van der Waals surface area (Å²) in [5.41, 5.74) is 1.86. The molecule has 3 N–H and O–H groups in total. The maximum atomic E-state index is 11.1. The van der Waals surface area contributed by atoms with Crippen molar-refractivity contribution in [2.75, 3.05) is 10.6 Å². The smallest absolute Gasteiger partial charge is 0.221 e. The molecule has 1 aromatic heterocycles. The van der Waals surface area contributed by atoms with Gasteiger partial charge in [-0.15, -0.1) is 0 Å². The number of nitrogens with zero attached hydrogens (tertiary/aromatic N) is 1.